The van der Waals surface area contributed by atoms with Crippen LogP contribution in [0.4, 0.5) is 5.95 Å². The number of amides is 1. The van der Waals surface area contributed by atoms with Crippen LogP contribution in [0.3, 0.4) is 0 Å². The van der Waals surface area contributed by atoms with E-state index in [4.69, 9.17) is 5.73 Å². The molecule has 0 aliphatic carbocycles. The number of primary amides is 1. The van der Waals surface area contributed by atoms with E-state index in [1.165, 1.54) is 0 Å². The zero-order valence-electron chi connectivity index (χ0n) is 17.9. The van der Waals surface area contributed by atoms with Gasteiger partial charge in [0.25, 0.3) is 0 Å². The summed E-state index contributed by atoms with van der Waals surface area (Å²) in [7, 11) is 0. The molecule has 0 saturated carbocycles. The Hall–Kier alpha value is -3.49. The molecule has 0 radical (unpaired) electrons. The molecule has 3 aromatic rings. The number of rotatable bonds is 8. The molecule has 1 aliphatic heterocycles. The van der Waals surface area contributed by atoms with Gasteiger partial charge in [0.05, 0.1) is 5.69 Å². The van der Waals surface area contributed by atoms with Crippen LogP contribution in [0.25, 0.3) is 11.3 Å². The van der Waals surface area contributed by atoms with Crippen LogP contribution in [0.5, 0.6) is 5.75 Å². The fraction of sp³-hybridized carbons (Fsp3) is 0.292. The van der Waals surface area contributed by atoms with Gasteiger partial charge in [0, 0.05) is 44.5 Å². The Labute approximate surface area is 187 Å². The number of phenolic OH excluding ortho intramolecular Hbond substituents is 1. The standard InChI is InChI=1S/C24H28N6O2/c25-23(32)22-15-26-12-13-30(22)16-18-2-1-3-19(14-18)21-9-11-28-24(29-21)27-10-8-17-4-6-20(31)7-5-17/h1-7,9,11,14,22,26,31H,8,10,12-13,15-16H2,(H2,25,32)(H,27,28,29). The first-order valence-electron chi connectivity index (χ1n) is 10.8. The maximum Gasteiger partial charge on any atom is 0.236 e. The molecule has 4 rings (SSSR count). The van der Waals surface area contributed by atoms with Gasteiger partial charge in [-0.1, -0.05) is 30.3 Å². The summed E-state index contributed by atoms with van der Waals surface area (Å²) >= 11 is 0. The van der Waals surface area contributed by atoms with Crippen LogP contribution < -0.4 is 16.4 Å². The summed E-state index contributed by atoms with van der Waals surface area (Å²) in [5.74, 6) is 0.539. The molecule has 1 fully saturated rings. The number of nitrogens with two attached hydrogens (primary N) is 1. The third-order valence-corrected chi connectivity index (χ3v) is 5.58. The molecule has 1 aliphatic rings. The van der Waals surface area contributed by atoms with Crippen molar-refractivity contribution >= 4 is 11.9 Å². The molecule has 1 amide bonds. The molecule has 166 valence electrons. The number of carbonyl (C=O) groups excluding carboxylic acids is 1. The van der Waals surface area contributed by atoms with Gasteiger partial charge >= 0.3 is 0 Å². The second-order valence-corrected chi connectivity index (χ2v) is 7.90. The van der Waals surface area contributed by atoms with Gasteiger partial charge in [-0.25, -0.2) is 9.97 Å². The van der Waals surface area contributed by atoms with Gasteiger partial charge in [0.2, 0.25) is 11.9 Å². The number of carbonyl (C=O) groups is 1. The normalized spacial score (nSPS) is 16.6. The SMILES string of the molecule is NC(=O)C1CNCCN1Cc1cccc(-c2ccnc(NCCc3ccc(O)cc3)n2)c1. The summed E-state index contributed by atoms with van der Waals surface area (Å²) in [4.78, 5) is 22.9. The van der Waals surface area contributed by atoms with Crippen molar-refractivity contribution in [2.24, 2.45) is 5.73 Å². The van der Waals surface area contributed by atoms with Gasteiger partial charge in [-0.15, -0.1) is 0 Å². The first kappa shape index (κ1) is 21.7. The van der Waals surface area contributed by atoms with Crippen molar-refractivity contribution < 1.29 is 9.90 Å². The van der Waals surface area contributed by atoms with Crippen molar-refractivity contribution in [2.45, 2.75) is 19.0 Å². The van der Waals surface area contributed by atoms with Crippen molar-refractivity contribution in [1.82, 2.24) is 20.2 Å². The molecule has 8 nitrogen and oxygen atoms in total. The van der Waals surface area contributed by atoms with Crippen LogP contribution in [-0.2, 0) is 17.8 Å². The minimum Gasteiger partial charge on any atom is -0.508 e. The lowest BCUT2D eigenvalue weighted by Crippen LogP contribution is -2.56. The fourth-order valence-electron chi connectivity index (χ4n) is 3.87. The number of nitrogens with zero attached hydrogens (tertiary/aromatic N) is 3. The van der Waals surface area contributed by atoms with Crippen LogP contribution >= 0.6 is 0 Å². The van der Waals surface area contributed by atoms with Gasteiger partial charge in [-0.3, -0.25) is 9.69 Å². The Kier molecular flexibility index (Phi) is 6.94. The number of nitrogens with one attached hydrogen (secondary N) is 2. The number of aromatic nitrogens is 2. The van der Waals surface area contributed by atoms with Crippen LogP contribution in [-0.4, -0.2) is 58.1 Å². The van der Waals surface area contributed by atoms with Gasteiger partial charge in [-0.2, -0.15) is 0 Å². The van der Waals surface area contributed by atoms with Crippen molar-refractivity contribution in [3.63, 3.8) is 0 Å². The summed E-state index contributed by atoms with van der Waals surface area (Å²) in [5.41, 5.74) is 9.64. The Morgan fingerprint density at radius 2 is 2.03 bits per heavy atom. The van der Waals surface area contributed by atoms with E-state index in [-0.39, 0.29) is 17.7 Å². The Morgan fingerprint density at radius 3 is 2.84 bits per heavy atom. The highest BCUT2D eigenvalue weighted by atomic mass is 16.3. The monoisotopic (exact) mass is 432 g/mol. The highest BCUT2D eigenvalue weighted by Gasteiger charge is 2.26. The van der Waals surface area contributed by atoms with Gasteiger partial charge in [-0.05, 0) is 41.8 Å². The lowest BCUT2D eigenvalue weighted by molar-refractivity contribution is -0.124. The summed E-state index contributed by atoms with van der Waals surface area (Å²) in [6, 6.07) is 17.0. The minimum atomic E-state index is -0.299. The number of aromatic hydroxyl groups is 1. The summed E-state index contributed by atoms with van der Waals surface area (Å²) in [6.07, 6.45) is 2.55. The predicted octanol–water partition coefficient (Wildman–Crippen LogP) is 1.76. The molecule has 0 spiro atoms. The van der Waals surface area contributed by atoms with Crippen LogP contribution in [0, 0.1) is 0 Å². The highest BCUT2D eigenvalue weighted by molar-refractivity contribution is 5.80. The summed E-state index contributed by atoms with van der Waals surface area (Å²) in [6.45, 7) is 3.55. The van der Waals surface area contributed by atoms with Crippen LogP contribution in [0.2, 0.25) is 0 Å². The molecule has 32 heavy (non-hydrogen) atoms. The van der Waals surface area contributed by atoms with Gasteiger partial charge in [0.1, 0.15) is 11.8 Å². The van der Waals surface area contributed by atoms with Crippen molar-refractivity contribution in [3.05, 3.63) is 71.9 Å². The number of hydrogen-bond donors (Lipinski definition) is 4. The fourth-order valence-corrected chi connectivity index (χ4v) is 3.87. The molecule has 8 heteroatoms. The third kappa shape index (κ3) is 5.60. The Morgan fingerprint density at radius 1 is 1.19 bits per heavy atom. The largest absolute Gasteiger partial charge is 0.508 e. The van der Waals surface area contributed by atoms with E-state index in [2.05, 4.69) is 37.6 Å². The van der Waals surface area contributed by atoms with E-state index in [0.29, 0.717) is 25.6 Å². The smallest absolute Gasteiger partial charge is 0.236 e. The average molecular weight is 433 g/mol. The third-order valence-electron chi connectivity index (χ3n) is 5.58. The van der Waals surface area contributed by atoms with E-state index in [9.17, 15) is 9.90 Å². The topological polar surface area (TPSA) is 116 Å². The molecule has 0 bridgehead atoms. The summed E-state index contributed by atoms with van der Waals surface area (Å²) < 4.78 is 0. The van der Waals surface area contributed by atoms with E-state index in [0.717, 1.165) is 41.9 Å². The maximum atomic E-state index is 11.8. The number of phenols is 1. The molecule has 1 saturated heterocycles. The van der Waals surface area contributed by atoms with Gasteiger partial charge in [0.15, 0.2) is 0 Å². The number of hydrogen-bond acceptors (Lipinski definition) is 7. The van der Waals surface area contributed by atoms with E-state index < -0.39 is 0 Å². The van der Waals surface area contributed by atoms with Crippen molar-refractivity contribution in [1.29, 1.82) is 0 Å². The minimum absolute atomic E-state index is 0.266. The lowest BCUT2D eigenvalue weighted by Gasteiger charge is -2.34. The quantitative estimate of drug-likeness (QED) is 0.429. The molecule has 1 atom stereocenters. The van der Waals surface area contributed by atoms with Crippen LogP contribution in [0.1, 0.15) is 11.1 Å². The Bertz CT molecular complexity index is 1060. The number of anilines is 1. The lowest BCUT2D eigenvalue weighted by atomic mass is 10.1. The maximum absolute atomic E-state index is 11.8. The predicted molar refractivity (Wildman–Crippen MR) is 124 cm³/mol. The second kappa shape index (κ2) is 10.2. The Balaban J connectivity index is 1.41. The highest BCUT2D eigenvalue weighted by Crippen LogP contribution is 2.21. The first-order chi connectivity index (χ1) is 15.6. The molecule has 2 aromatic carbocycles. The zero-order chi connectivity index (χ0) is 22.3. The molecular weight excluding hydrogens is 404 g/mol. The van der Waals surface area contributed by atoms with E-state index in [1.54, 1.807) is 18.3 Å². The van der Waals surface area contributed by atoms with Crippen LogP contribution in [0.15, 0.2) is 60.8 Å². The zero-order valence-corrected chi connectivity index (χ0v) is 17.9. The van der Waals surface area contributed by atoms with E-state index in [1.807, 2.05) is 30.3 Å². The van der Waals surface area contributed by atoms with Gasteiger partial charge < -0.3 is 21.5 Å². The van der Waals surface area contributed by atoms with E-state index >= 15 is 0 Å². The summed E-state index contributed by atoms with van der Waals surface area (Å²) in [5, 5.41) is 15.9. The molecule has 1 aromatic heterocycles. The second-order valence-electron chi connectivity index (χ2n) is 7.90. The first-order valence-corrected chi connectivity index (χ1v) is 10.8. The number of piperazine rings is 1. The van der Waals surface area contributed by atoms with Crippen molar-refractivity contribution in [3.8, 4) is 17.0 Å². The van der Waals surface area contributed by atoms with Crippen molar-refractivity contribution in [2.75, 3.05) is 31.5 Å². The molecule has 2 heterocycles. The molecule has 1 unspecified atom stereocenters. The molecule has 5 N–H and O–H groups in total. The average Bonchev–Trinajstić information content (AvgIpc) is 2.81. The molecular formula is C24H28N6O2. The number of benzene rings is 2.